The highest BCUT2D eigenvalue weighted by Gasteiger charge is 2.47. The average Bonchev–Trinajstić information content (AvgIpc) is 2.28. The Bertz CT molecular complexity index is 279. The standard InChI is InChI=1S/C10H20N2O4.C2H6/c1-9(2)6-5-8(7-16-12(14)15)10(3,4)11(9)13;1-2/h8,13H,5-7H2,1-4H3;1-2H3. The molecule has 1 saturated heterocycles. The first-order chi connectivity index (χ1) is 8.18. The molecule has 18 heavy (non-hydrogen) atoms. The van der Waals surface area contributed by atoms with Gasteiger partial charge in [-0.3, -0.25) is 0 Å². The van der Waals surface area contributed by atoms with Crippen molar-refractivity contribution in [2.75, 3.05) is 6.61 Å². The zero-order chi connectivity index (χ0) is 14.6. The summed E-state index contributed by atoms with van der Waals surface area (Å²) in [5.41, 5.74) is -0.813. The molecule has 0 spiro atoms. The molecule has 0 aromatic carbocycles. The molecule has 1 aliphatic rings. The normalized spacial score (nSPS) is 25.8. The summed E-state index contributed by atoms with van der Waals surface area (Å²) < 4.78 is 0. The van der Waals surface area contributed by atoms with E-state index in [-0.39, 0.29) is 18.1 Å². The number of hydrogen-bond acceptors (Lipinski definition) is 5. The molecular weight excluding hydrogens is 236 g/mol. The lowest BCUT2D eigenvalue weighted by atomic mass is 9.74. The van der Waals surface area contributed by atoms with Crippen LogP contribution in [0.3, 0.4) is 0 Å². The number of hydroxylamine groups is 2. The highest BCUT2D eigenvalue weighted by Crippen LogP contribution is 2.40. The summed E-state index contributed by atoms with van der Waals surface area (Å²) in [7, 11) is 0. The Hall–Kier alpha value is -0.880. The lowest BCUT2D eigenvalue weighted by Gasteiger charge is -2.52. The van der Waals surface area contributed by atoms with Crippen LogP contribution in [0, 0.1) is 16.0 Å². The van der Waals surface area contributed by atoms with Gasteiger partial charge in [0.25, 0.3) is 5.09 Å². The van der Waals surface area contributed by atoms with E-state index in [1.807, 2.05) is 41.5 Å². The molecule has 0 saturated carbocycles. The Labute approximate surface area is 109 Å². The van der Waals surface area contributed by atoms with Crippen molar-refractivity contribution in [2.24, 2.45) is 5.92 Å². The van der Waals surface area contributed by atoms with E-state index >= 15 is 0 Å². The molecule has 108 valence electrons. The predicted molar refractivity (Wildman–Crippen MR) is 68.8 cm³/mol. The van der Waals surface area contributed by atoms with Crippen molar-refractivity contribution in [1.29, 1.82) is 0 Å². The topological polar surface area (TPSA) is 75.8 Å². The van der Waals surface area contributed by atoms with Crippen LogP contribution in [0.15, 0.2) is 0 Å². The van der Waals surface area contributed by atoms with Gasteiger partial charge >= 0.3 is 0 Å². The first kappa shape index (κ1) is 17.1. The Morgan fingerprint density at radius 3 is 2.33 bits per heavy atom. The minimum atomic E-state index is -0.780. The number of hydrogen-bond donors (Lipinski definition) is 1. The molecule has 0 aromatic heterocycles. The lowest BCUT2D eigenvalue weighted by molar-refractivity contribution is -0.760. The van der Waals surface area contributed by atoms with Gasteiger partial charge < -0.3 is 10.0 Å². The van der Waals surface area contributed by atoms with Gasteiger partial charge in [-0.05, 0) is 40.5 Å². The average molecular weight is 262 g/mol. The van der Waals surface area contributed by atoms with E-state index in [9.17, 15) is 15.3 Å². The molecule has 0 amide bonds. The van der Waals surface area contributed by atoms with E-state index in [1.165, 1.54) is 5.06 Å². The van der Waals surface area contributed by atoms with Crippen LogP contribution >= 0.6 is 0 Å². The minimum Gasteiger partial charge on any atom is -0.314 e. The molecule has 1 rings (SSSR count). The summed E-state index contributed by atoms with van der Waals surface area (Å²) in [4.78, 5) is 14.6. The maximum Gasteiger partial charge on any atom is 0.294 e. The van der Waals surface area contributed by atoms with Crippen LogP contribution in [0.25, 0.3) is 0 Å². The summed E-state index contributed by atoms with van der Waals surface area (Å²) in [5.74, 6) is -0.0454. The third kappa shape index (κ3) is 3.81. The summed E-state index contributed by atoms with van der Waals surface area (Å²) in [6.45, 7) is 11.7. The van der Waals surface area contributed by atoms with Crippen LogP contribution in [0.4, 0.5) is 0 Å². The second-order valence-corrected chi connectivity index (χ2v) is 5.53. The van der Waals surface area contributed by atoms with Crippen LogP contribution < -0.4 is 0 Å². The fourth-order valence-corrected chi connectivity index (χ4v) is 2.38. The Balaban J connectivity index is 0.00000137. The molecule has 0 bridgehead atoms. The first-order valence-corrected chi connectivity index (χ1v) is 6.44. The highest BCUT2D eigenvalue weighted by molar-refractivity contribution is 4.97. The van der Waals surface area contributed by atoms with Crippen molar-refractivity contribution in [1.82, 2.24) is 5.06 Å². The molecule has 1 atom stereocenters. The van der Waals surface area contributed by atoms with Gasteiger partial charge in [-0.1, -0.05) is 13.8 Å². The fourth-order valence-electron chi connectivity index (χ4n) is 2.38. The van der Waals surface area contributed by atoms with Crippen LogP contribution in [0.1, 0.15) is 54.4 Å². The lowest BCUT2D eigenvalue weighted by Crippen LogP contribution is -2.61. The summed E-state index contributed by atoms with van der Waals surface area (Å²) in [6.07, 6.45) is 1.60. The van der Waals surface area contributed by atoms with Crippen LogP contribution in [-0.4, -0.2) is 33.0 Å². The summed E-state index contributed by atoms with van der Waals surface area (Å²) in [5, 5.41) is 20.8. The second kappa shape index (κ2) is 6.33. The predicted octanol–water partition coefficient (Wildman–Crippen LogP) is 2.88. The SMILES string of the molecule is CC.CC1(C)CCC(CO[N+](=O)[O-])C(C)(C)N1O. The molecule has 6 heteroatoms. The van der Waals surface area contributed by atoms with Gasteiger partial charge in [0.05, 0.1) is 0 Å². The van der Waals surface area contributed by atoms with Crippen molar-refractivity contribution in [3.8, 4) is 0 Å². The molecule has 1 aliphatic heterocycles. The number of rotatable bonds is 3. The smallest absolute Gasteiger partial charge is 0.294 e. The first-order valence-electron chi connectivity index (χ1n) is 6.44. The molecular formula is C12H26N2O4. The van der Waals surface area contributed by atoms with E-state index < -0.39 is 10.6 Å². The minimum absolute atomic E-state index is 0.0349. The molecule has 6 nitrogen and oxygen atoms in total. The maximum absolute atomic E-state index is 10.2. The zero-order valence-corrected chi connectivity index (χ0v) is 12.3. The quantitative estimate of drug-likeness (QED) is 0.625. The number of piperidine rings is 1. The van der Waals surface area contributed by atoms with E-state index in [0.717, 1.165) is 12.8 Å². The Morgan fingerprint density at radius 1 is 1.39 bits per heavy atom. The van der Waals surface area contributed by atoms with Gasteiger partial charge in [0.2, 0.25) is 0 Å². The highest BCUT2D eigenvalue weighted by atomic mass is 16.9. The van der Waals surface area contributed by atoms with E-state index in [1.54, 1.807) is 0 Å². The van der Waals surface area contributed by atoms with E-state index in [4.69, 9.17) is 0 Å². The number of nitrogens with zero attached hydrogens (tertiary/aromatic N) is 2. The van der Waals surface area contributed by atoms with Gasteiger partial charge in [-0.15, -0.1) is 10.1 Å². The second-order valence-electron chi connectivity index (χ2n) is 5.53. The Morgan fingerprint density at radius 2 is 1.89 bits per heavy atom. The van der Waals surface area contributed by atoms with Crippen molar-refractivity contribution in [2.45, 2.75) is 65.5 Å². The monoisotopic (exact) mass is 262 g/mol. The molecule has 0 aromatic rings. The van der Waals surface area contributed by atoms with Crippen LogP contribution in [-0.2, 0) is 4.84 Å². The Kier molecular flexibility index (Phi) is 6.02. The summed E-state index contributed by atoms with van der Waals surface area (Å²) in [6, 6.07) is 0. The third-order valence-electron chi connectivity index (χ3n) is 3.60. The van der Waals surface area contributed by atoms with Gasteiger partial charge in [0.1, 0.15) is 6.61 Å². The van der Waals surface area contributed by atoms with Crippen molar-refractivity contribution >= 4 is 0 Å². The maximum atomic E-state index is 10.2. The van der Waals surface area contributed by atoms with Crippen LogP contribution in [0.5, 0.6) is 0 Å². The van der Waals surface area contributed by atoms with Gasteiger partial charge in [-0.2, -0.15) is 5.06 Å². The van der Waals surface area contributed by atoms with Gasteiger partial charge in [0.15, 0.2) is 0 Å². The van der Waals surface area contributed by atoms with Crippen molar-refractivity contribution in [3.05, 3.63) is 10.1 Å². The molecule has 0 aliphatic carbocycles. The molecule has 0 radical (unpaired) electrons. The largest absolute Gasteiger partial charge is 0.314 e. The third-order valence-corrected chi connectivity index (χ3v) is 3.60. The van der Waals surface area contributed by atoms with Gasteiger partial charge in [-0.25, -0.2) is 0 Å². The van der Waals surface area contributed by atoms with E-state index in [0.29, 0.717) is 0 Å². The molecule has 1 heterocycles. The van der Waals surface area contributed by atoms with Crippen molar-refractivity contribution in [3.63, 3.8) is 0 Å². The molecule has 1 fully saturated rings. The zero-order valence-electron chi connectivity index (χ0n) is 12.3. The summed E-state index contributed by atoms with van der Waals surface area (Å²) >= 11 is 0. The molecule has 1 N–H and O–H groups in total. The molecule has 1 unspecified atom stereocenters. The fraction of sp³-hybridized carbons (Fsp3) is 1.00. The van der Waals surface area contributed by atoms with Crippen molar-refractivity contribution < 1.29 is 15.1 Å². The van der Waals surface area contributed by atoms with Crippen LogP contribution in [0.2, 0.25) is 0 Å². The van der Waals surface area contributed by atoms with Gasteiger partial charge in [0, 0.05) is 17.0 Å². The van der Waals surface area contributed by atoms with E-state index in [2.05, 4.69) is 4.84 Å².